The fourth-order valence-corrected chi connectivity index (χ4v) is 4.68. The molecule has 172 valence electrons. The Kier molecular flexibility index (Phi) is 5.55. The van der Waals surface area contributed by atoms with Gasteiger partial charge >= 0.3 is 6.03 Å². The first-order valence-electron chi connectivity index (χ1n) is 11.3. The highest BCUT2D eigenvalue weighted by atomic mass is 19.3. The van der Waals surface area contributed by atoms with E-state index in [2.05, 4.69) is 20.1 Å². The van der Waals surface area contributed by atoms with Crippen molar-refractivity contribution in [3.8, 4) is 11.3 Å². The van der Waals surface area contributed by atoms with Crippen molar-refractivity contribution in [2.75, 3.05) is 37.6 Å². The Morgan fingerprint density at radius 3 is 2.45 bits per heavy atom. The fraction of sp³-hybridized carbons (Fsp3) is 0.417. The summed E-state index contributed by atoms with van der Waals surface area (Å²) in [6.45, 7) is 3.82. The van der Waals surface area contributed by atoms with Gasteiger partial charge in [0.25, 0.3) is 5.92 Å². The van der Waals surface area contributed by atoms with Gasteiger partial charge in [0.1, 0.15) is 5.69 Å². The van der Waals surface area contributed by atoms with Crippen molar-refractivity contribution in [1.29, 1.82) is 0 Å². The van der Waals surface area contributed by atoms with Gasteiger partial charge in [0.2, 0.25) is 0 Å². The van der Waals surface area contributed by atoms with Crippen molar-refractivity contribution < 1.29 is 13.6 Å². The number of hydrogen-bond acceptors (Lipinski definition) is 5. The molecule has 3 aromatic rings. The number of fused-ring (bicyclic) bond motifs is 1. The Morgan fingerprint density at radius 1 is 0.970 bits per heavy atom. The fourth-order valence-electron chi connectivity index (χ4n) is 4.68. The van der Waals surface area contributed by atoms with Gasteiger partial charge in [0.15, 0.2) is 5.82 Å². The van der Waals surface area contributed by atoms with Crippen LogP contribution in [0, 0.1) is 0 Å². The molecule has 0 saturated carbocycles. The smallest absolute Gasteiger partial charge is 0.320 e. The van der Waals surface area contributed by atoms with Gasteiger partial charge in [-0.15, -0.1) is 10.2 Å². The number of rotatable bonds is 2. The van der Waals surface area contributed by atoms with Gasteiger partial charge < -0.3 is 14.7 Å². The summed E-state index contributed by atoms with van der Waals surface area (Å²) in [5.74, 6) is -1.92. The number of benzene rings is 1. The molecule has 2 aromatic heterocycles. The van der Waals surface area contributed by atoms with E-state index in [1.54, 1.807) is 16.0 Å². The molecule has 0 aliphatic carbocycles. The lowest BCUT2D eigenvalue weighted by Crippen LogP contribution is -2.58. The van der Waals surface area contributed by atoms with E-state index in [0.717, 1.165) is 27.8 Å². The second-order valence-corrected chi connectivity index (χ2v) is 8.77. The number of anilines is 1. The average Bonchev–Trinajstić information content (AvgIpc) is 2.83. The molecular formula is C24H26F2N6O. The van der Waals surface area contributed by atoms with Crippen LogP contribution < -0.4 is 4.90 Å². The van der Waals surface area contributed by atoms with Crippen LogP contribution in [-0.4, -0.2) is 75.7 Å². The van der Waals surface area contributed by atoms with Crippen LogP contribution in [0.2, 0.25) is 0 Å². The summed E-state index contributed by atoms with van der Waals surface area (Å²) >= 11 is 0. The van der Waals surface area contributed by atoms with Crippen molar-refractivity contribution in [1.82, 2.24) is 25.0 Å². The largest absolute Gasteiger partial charge is 0.348 e. The topological polar surface area (TPSA) is 65.5 Å². The number of halogens is 2. The van der Waals surface area contributed by atoms with Crippen molar-refractivity contribution >= 4 is 22.6 Å². The minimum Gasteiger partial charge on any atom is -0.348 e. The number of piperidine rings is 1. The number of aromatic nitrogens is 3. The van der Waals surface area contributed by atoms with Crippen LogP contribution in [0.4, 0.5) is 19.4 Å². The number of carbonyl (C=O) groups excluding carboxylic acids is 1. The molecule has 2 aliphatic rings. The van der Waals surface area contributed by atoms with E-state index in [4.69, 9.17) is 0 Å². The number of pyridine rings is 1. The number of likely N-dealkylation sites (tertiary alicyclic amines) is 1. The summed E-state index contributed by atoms with van der Waals surface area (Å²) in [4.78, 5) is 22.7. The molecule has 2 aliphatic heterocycles. The van der Waals surface area contributed by atoms with E-state index in [1.165, 1.54) is 0 Å². The maximum atomic E-state index is 13.5. The third-order valence-electron chi connectivity index (χ3n) is 6.54. The van der Waals surface area contributed by atoms with Crippen molar-refractivity contribution in [2.45, 2.75) is 31.7 Å². The number of hydrogen-bond donors (Lipinski definition) is 0. The molecule has 9 heteroatoms. The Bertz CT molecular complexity index is 1150. The first-order chi connectivity index (χ1) is 15.9. The quantitative estimate of drug-likeness (QED) is 0.587. The van der Waals surface area contributed by atoms with Gasteiger partial charge in [-0.05, 0) is 13.0 Å². The lowest BCUT2D eigenvalue weighted by atomic mass is 10.1. The summed E-state index contributed by atoms with van der Waals surface area (Å²) in [5, 5.41) is 11.0. The maximum absolute atomic E-state index is 13.5. The second-order valence-electron chi connectivity index (χ2n) is 8.77. The molecule has 5 rings (SSSR count). The van der Waals surface area contributed by atoms with Crippen LogP contribution >= 0.6 is 0 Å². The number of alkyl halides is 2. The van der Waals surface area contributed by atoms with Crippen LogP contribution in [0.25, 0.3) is 22.0 Å². The molecule has 0 radical (unpaired) electrons. The highest BCUT2D eigenvalue weighted by Crippen LogP contribution is 2.33. The number of urea groups is 1. The Balaban J connectivity index is 1.36. The molecule has 2 fully saturated rings. The predicted octanol–water partition coefficient (Wildman–Crippen LogP) is 4.05. The lowest BCUT2D eigenvalue weighted by Gasteiger charge is -2.43. The standard InChI is InChI=1S/C24H26F2N6O/c1-17-16-31(23(33)30-11-8-24(25,26)9-12-30)13-14-32(17)22-20-15-27-10-7-19(20)21(28-29-22)18-5-3-2-4-6-18/h2-7,10,15,17H,8-9,11-14,16H2,1H3/t17-/m1/s1. The molecule has 0 N–H and O–H groups in total. The molecule has 2 saturated heterocycles. The molecule has 7 nitrogen and oxygen atoms in total. The molecular weight excluding hydrogens is 426 g/mol. The Labute approximate surface area is 191 Å². The normalized spacial score (nSPS) is 20.8. The number of nitrogens with zero attached hydrogens (tertiary/aromatic N) is 6. The molecule has 0 spiro atoms. The Hall–Kier alpha value is -3.36. The van der Waals surface area contributed by atoms with Gasteiger partial charge in [-0.2, -0.15) is 0 Å². The van der Waals surface area contributed by atoms with Crippen molar-refractivity contribution in [3.63, 3.8) is 0 Å². The summed E-state index contributed by atoms with van der Waals surface area (Å²) in [6, 6.07) is 11.7. The van der Waals surface area contributed by atoms with E-state index >= 15 is 0 Å². The van der Waals surface area contributed by atoms with Crippen molar-refractivity contribution in [2.24, 2.45) is 0 Å². The van der Waals surface area contributed by atoms with Gasteiger partial charge in [0.05, 0.1) is 0 Å². The summed E-state index contributed by atoms with van der Waals surface area (Å²) < 4.78 is 26.9. The first-order valence-corrected chi connectivity index (χ1v) is 11.3. The second kappa shape index (κ2) is 8.53. The number of amides is 2. The molecule has 1 atom stereocenters. The third kappa shape index (κ3) is 4.19. The SMILES string of the molecule is C[C@@H]1CN(C(=O)N2CCC(F)(F)CC2)CCN1c1nnc(-c2ccccc2)c2ccncc12. The zero-order valence-corrected chi connectivity index (χ0v) is 18.5. The zero-order valence-electron chi connectivity index (χ0n) is 18.5. The molecule has 33 heavy (non-hydrogen) atoms. The van der Waals surface area contributed by atoms with Gasteiger partial charge in [0, 0.05) is 80.3 Å². The van der Waals surface area contributed by atoms with Crippen LogP contribution in [0.5, 0.6) is 0 Å². The molecule has 1 aromatic carbocycles. The molecule has 4 heterocycles. The van der Waals surface area contributed by atoms with Gasteiger partial charge in [-0.25, -0.2) is 13.6 Å². The highest BCUT2D eigenvalue weighted by Gasteiger charge is 2.38. The minimum atomic E-state index is -2.66. The summed E-state index contributed by atoms with van der Waals surface area (Å²) in [5.41, 5.74) is 1.79. The van der Waals surface area contributed by atoms with Crippen LogP contribution in [0.15, 0.2) is 48.8 Å². The molecule has 0 unspecified atom stereocenters. The Morgan fingerprint density at radius 2 is 1.73 bits per heavy atom. The minimum absolute atomic E-state index is 0.00536. The maximum Gasteiger partial charge on any atom is 0.320 e. The predicted molar refractivity (Wildman–Crippen MR) is 122 cm³/mol. The average molecular weight is 453 g/mol. The number of carbonyl (C=O) groups is 1. The zero-order chi connectivity index (χ0) is 23.0. The first kappa shape index (κ1) is 21.5. The van der Waals surface area contributed by atoms with E-state index in [-0.39, 0.29) is 38.0 Å². The van der Waals surface area contributed by atoms with Crippen LogP contribution in [0.3, 0.4) is 0 Å². The van der Waals surface area contributed by atoms with E-state index < -0.39 is 5.92 Å². The third-order valence-corrected chi connectivity index (χ3v) is 6.54. The van der Waals surface area contributed by atoms with E-state index in [1.807, 2.05) is 49.5 Å². The highest BCUT2D eigenvalue weighted by molar-refractivity contribution is 5.99. The van der Waals surface area contributed by atoms with Crippen LogP contribution in [0.1, 0.15) is 19.8 Å². The monoisotopic (exact) mass is 452 g/mol. The lowest BCUT2D eigenvalue weighted by molar-refractivity contribution is -0.0493. The molecule has 0 bridgehead atoms. The summed E-state index contributed by atoms with van der Waals surface area (Å²) in [6.07, 6.45) is 3.03. The van der Waals surface area contributed by atoms with Crippen LogP contribution in [-0.2, 0) is 0 Å². The van der Waals surface area contributed by atoms with Gasteiger partial charge in [-0.1, -0.05) is 30.3 Å². The van der Waals surface area contributed by atoms with E-state index in [9.17, 15) is 13.6 Å². The van der Waals surface area contributed by atoms with Crippen molar-refractivity contribution in [3.05, 3.63) is 48.8 Å². The summed E-state index contributed by atoms with van der Waals surface area (Å²) in [7, 11) is 0. The van der Waals surface area contributed by atoms with Gasteiger partial charge in [-0.3, -0.25) is 4.98 Å². The van der Waals surface area contributed by atoms with E-state index in [0.29, 0.717) is 19.6 Å². The molecule has 2 amide bonds. The number of piperazine rings is 1.